The van der Waals surface area contributed by atoms with Gasteiger partial charge in [-0.05, 0) is 13.3 Å². The lowest BCUT2D eigenvalue weighted by Crippen LogP contribution is -2.40. The van der Waals surface area contributed by atoms with Crippen molar-refractivity contribution in [1.29, 1.82) is 0 Å². The zero-order chi connectivity index (χ0) is 9.56. The average Bonchev–Trinajstić information content (AvgIpc) is 2.04. The van der Waals surface area contributed by atoms with Gasteiger partial charge in [-0.1, -0.05) is 13.3 Å². The van der Waals surface area contributed by atoms with E-state index in [0.717, 1.165) is 12.8 Å². The standard InChI is InChI=1S/C8H19BN2O/c1-4-5-7(2)11(3)8(12)6-10-9/h7,10H,4-6,9H2,1-3H3. The molecule has 0 aromatic rings. The molecule has 0 rings (SSSR count). The van der Waals surface area contributed by atoms with Crippen molar-refractivity contribution in [3.05, 3.63) is 0 Å². The maximum Gasteiger partial charge on any atom is 0.235 e. The van der Waals surface area contributed by atoms with E-state index >= 15 is 0 Å². The molecule has 0 aromatic heterocycles. The third-order valence-corrected chi connectivity index (χ3v) is 2.09. The van der Waals surface area contributed by atoms with E-state index < -0.39 is 0 Å². The Labute approximate surface area is 75.9 Å². The van der Waals surface area contributed by atoms with Gasteiger partial charge in [0.2, 0.25) is 5.91 Å². The number of hydrogen-bond donors (Lipinski definition) is 1. The van der Waals surface area contributed by atoms with Crippen molar-refractivity contribution in [2.24, 2.45) is 0 Å². The Morgan fingerprint density at radius 2 is 2.25 bits per heavy atom. The highest BCUT2D eigenvalue weighted by Gasteiger charge is 2.12. The molecule has 0 aliphatic rings. The zero-order valence-electron chi connectivity index (χ0n) is 8.55. The lowest BCUT2D eigenvalue weighted by molar-refractivity contribution is -0.130. The van der Waals surface area contributed by atoms with Crippen LogP contribution in [0.3, 0.4) is 0 Å². The second-order valence-corrected chi connectivity index (χ2v) is 3.17. The normalized spacial score (nSPS) is 12.6. The molecule has 1 unspecified atom stereocenters. The topological polar surface area (TPSA) is 32.3 Å². The third kappa shape index (κ3) is 3.76. The first kappa shape index (κ1) is 11.5. The molecule has 3 nitrogen and oxygen atoms in total. The first-order chi connectivity index (χ1) is 5.63. The van der Waals surface area contributed by atoms with E-state index in [9.17, 15) is 4.79 Å². The fraction of sp³-hybridized carbons (Fsp3) is 0.875. The van der Waals surface area contributed by atoms with E-state index in [4.69, 9.17) is 0 Å². The summed E-state index contributed by atoms with van der Waals surface area (Å²) in [5.41, 5.74) is 0. The van der Waals surface area contributed by atoms with E-state index in [0.29, 0.717) is 12.6 Å². The van der Waals surface area contributed by atoms with Crippen LogP contribution in [0.4, 0.5) is 0 Å². The fourth-order valence-corrected chi connectivity index (χ4v) is 1.13. The molecular formula is C8H19BN2O. The SMILES string of the molecule is BNCC(=O)N(C)C(C)CCC. The molecule has 12 heavy (non-hydrogen) atoms. The number of hydrogen-bond acceptors (Lipinski definition) is 2. The van der Waals surface area contributed by atoms with E-state index in [1.807, 2.05) is 7.05 Å². The lowest BCUT2D eigenvalue weighted by atomic mass is 10.2. The van der Waals surface area contributed by atoms with Crippen molar-refractivity contribution >= 4 is 13.9 Å². The quantitative estimate of drug-likeness (QED) is 0.578. The van der Waals surface area contributed by atoms with Crippen LogP contribution >= 0.6 is 0 Å². The molecule has 0 saturated heterocycles. The van der Waals surface area contributed by atoms with E-state index in [-0.39, 0.29) is 5.91 Å². The number of carbonyl (C=O) groups is 1. The lowest BCUT2D eigenvalue weighted by Gasteiger charge is -2.24. The van der Waals surface area contributed by atoms with Crippen LogP contribution in [0.25, 0.3) is 0 Å². The molecule has 0 heterocycles. The summed E-state index contributed by atoms with van der Waals surface area (Å²) in [6.45, 7) is 4.65. The van der Waals surface area contributed by atoms with Gasteiger partial charge in [-0.15, -0.1) is 0 Å². The van der Waals surface area contributed by atoms with Crippen LogP contribution in [0.15, 0.2) is 0 Å². The van der Waals surface area contributed by atoms with Crippen molar-refractivity contribution in [2.75, 3.05) is 13.6 Å². The minimum Gasteiger partial charge on any atom is -0.354 e. The highest BCUT2D eigenvalue weighted by atomic mass is 16.2. The maximum absolute atomic E-state index is 11.3. The van der Waals surface area contributed by atoms with Gasteiger partial charge < -0.3 is 10.1 Å². The minimum absolute atomic E-state index is 0.165. The number of nitrogens with zero attached hydrogens (tertiary/aromatic N) is 1. The maximum atomic E-state index is 11.3. The van der Waals surface area contributed by atoms with Crippen LogP contribution in [0.1, 0.15) is 26.7 Å². The molecule has 0 aliphatic heterocycles. The number of rotatable bonds is 5. The molecule has 0 fully saturated rings. The molecule has 0 aromatic carbocycles. The van der Waals surface area contributed by atoms with Gasteiger partial charge in [0.1, 0.15) is 0 Å². The molecule has 0 spiro atoms. The van der Waals surface area contributed by atoms with E-state index in [2.05, 4.69) is 19.1 Å². The molecule has 0 aliphatic carbocycles. The van der Waals surface area contributed by atoms with Crippen molar-refractivity contribution in [1.82, 2.24) is 10.1 Å². The summed E-state index contributed by atoms with van der Waals surface area (Å²) >= 11 is 0. The largest absolute Gasteiger partial charge is 0.354 e. The van der Waals surface area contributed by atoms with Crippen LogP contribution in [0.2, 0.25) is 0 Å². The average molecular weight is 170 g/mol. The zero-order valence-corrected chi connectivity index (χ0v) is 8.55. The molecule has 4 heteroatoms. The molecule has 70 valence electrons. The van der Waals surface area contributed by atoms with Crippen molar-refractivity contribution in [3.8, 4) is 0 Å². The monoisotopic (exact) mass is 170 g/mol. The second-order valence-electron chi connectivity index (χ2n) is 3.17. The number of likely N-dealkylation sites (N-methyl/N-ethyl adjacent to an activating group) is 1. The number of nitrogens with one attached hydrogen (secondary N) is 1. The Kier molecular flexibility index (Phi) is 5.81. The van der Waals surface area contributed by atoms with Crippen molar-refractivity contribution in [3.63, 3.8) is 0 Å². The van der Waals surface area contributed by atoms with Crippen LogP contribution < -0.4 is 5.23 Å². The van der Waals surface area contributed by atoms with Crippen molar-refractivity contribution in [2.45, 2.75) is 32.7 Å². The molecular weight excluding hydrogens is 151 g/mol. The van der Waals surface area contributed by atoms with Gasteiger partial charge in [0.05, 0.1) is 6.54 Å². The summed E-state index contributed by atoms with van der Waals surface area (Å²) in [5.74, 6) is 0.165. The predicted molar refractivity (Wildman–Crippen MR) is 53.7 cm³/mol. The van der Waals surface area contributed by atoms with Crippen LogP contribution in [-0.2, 0) is 4.79 Å². The summed E-state index contributed by atoms with van der Waals surface area (Å²) in [6.07, 6.45) is 2.20. The Bertz CT molecular complexity index is 141. The van der Waals surface area contributed by atoms with Crippen LogP contribution in [0, 0.1) is 0 Å². The summed E-state index contributed by atoms with van der Waals surface area (Å²) in [6, 6.07) is 0.357. The van der Waals surface area contributed by atoms with Gasteiger partial charge in [-0.3, -0.25) is 4.79 Å². The summed E-state index contributed by atoms with van der Waals surface area (Å²) in [4.78, 5) is 13.1. The fourth-order valence-electron chi connectivity index (χ4n) is 1.13. The highest BCUT2D eigenvalue weighted by molar-refractivity contribution is 6.06. The van der Waals surface area contributed by atoms with Gasteiger partial charge in [-0.25, -0.2) is 0 Å². The third-order valence-electron chi connectivity index (χ3n) is 2.09. The first-order valence-electron chi connectivity index (χ1n) is 4.53. The molecule has 0 saturated carbocycles. The van der Waals surface area contributed by atoms with E-state index in [1.54, 1.807) is 12.9 Å². The molecule has 1 N–H and O–H groups in total. The first-order valence-corrected chi connectivity index (χ1v) is 4.53. The van der Waals surface area contributed by atoms with Gasteiger partial charge in [0.25, 0.3) is 0 Å². The predicted octanol–water partition coefficient (Wildman–Crippen LogP) is -0.229. The number of amides is 1. The Morgan fingerprint density at radius 3 is 2.67 bits per heavy atom. The highest BCUT2D eigenvalue weighted by Crippen LogP contribution is 2.03. The van der Waals surface area contributed by atoms with Gasteiger partial charge in [0, 0.05) is 13.1 Å². The molecule has 0 radical (unpaired) electrons. The molecule has 1 atom stereocenters. The Morgan fingerprint density at radius 1 is 1.67 bits per heavy atom. The smallest absolute Gasteiger partial charge is 0.235 e. The Balaban J connectivity index is 3.82. The van der Waals surface area contributed by atoms with Gasteiger partial charge >= 0.3 is 0 Å². The second kappa shape index (κ2) is 6.06. The minimum atomic E-state index is 0.165. The molecule has 0 bridgehead atoms. The summed E-state index contributed by atoms with van der Waals surface area (Å²) in [5, 5.41) is 2.85. The van der Waals surface area contributed by atoms with Crippen LogP contribution in [-0.4, -0.2) is 38.4 Å². The number of carbonyl (C=O) groups excluding carboxylic acids is 1. The summed E-state index contributed by atoms with van der Waals surface area (Å²) < 4.78 is 0. The van der Waals surface area contributed by atoms with Crippen molar-refractivity contribution < 1.29 is 4.79 Å². The van der Waals surface area contributed by atoms with Gasteiger partial charge in [0.15, 0.2) is 7.98 Å². The van der Waals surface area contributed by atoms with Gasteiger partial charge in [-0.2, -0.15) is 0 Å². The Hall–Kier alpha value is -0.505. The van der Waals surface area contributed by atoms with Crippen LogP contribution in [0.5, 0.6) is 0 Å². The van der Waals surface area contributed by atoms with E-state index in [1.165, 1.54) is 0 Å². The summed E-state index contributed by atoms with van der Waals surface area (Å²) in [7, 11) is 3.65. The molecule has 1 amide bonds.